The van der Waals surface area contributed by atoms with E-state index in [1.54, 1.807) is 26.0 Å². The van der Waals surface area contributed by atoms with Crippen LogP contribution in [0.2, 0.25) is 0 Å². The van der Waals surface area contributed by atoms with Gasteiger partial charge < -0.3 is 29.0 Å². The van der Waals surface area contributed by atoms with E-state index < -0.39 is 30.6 Å². The first-order valence-electron chi connectivity index (χ1n) is 19.6. The Kier molecular flexibility index (Phi) is 11.1. The van der Waals surface area contributed by atoms with Crippen LogP contribution < -0.4 is 10.2 Å². The van der Waals surface area contributed by atoms with Gasteiger partial charge in [0.1, 0.15) is 5.54 Å². The van der Waals surface area contributed by atoms with Gasteiger partial charge in [-0.05, 0) is 82.4 Å². The molecule has 0 fully saturated rings. The van der Waals surface area contributed by atoms with E-state index >= 15 is 0 Å². The summed E-state index contributed by atoms with van der Waals surface area (Å²) >= 11 is 0. The lowest BCUT2D eigenvalue weighted by Gasteiger charge is -2.36. The Balaban J connectivity index is 1.14. The number of fused-ring (bicyclic) bond motifs is 1. The highest BCUT2D eigenvalue weighted by Crippen LogP contribution is 2.43. The van der Waals surface area contributed by atoms with Gasteiger partial charge in [0.05, 0.1) is 28.6 Å². The van der Waals surface area contributed by atoms with E-state index in [0.29, 0.717) is 30.2 Å². The van der Waals surface area contributed by atoms with Crippen molar-refractivity contribution in [3.8, 4) is 17.2 Å². The van der Waals surface area contributed by atoms with Crippen LogP contribution in [-0.2, 0) is 31.1 Å². The van der Waals surface area contributed by atoms with Gasteiger partial charge in [-0.15, -0.1) is 5.10 Å². The molecule has 298 valence electrons. The van der Waals surface area contributed by atoms with Crippen molar-refractivity contribution in [1.29, 1.82) is 0 Å². The number of nitrogens with one attached hydrogen (secondary N) is 1. The zero-order chi connectivity index (χ0) is 40.9. The van der Waals surface area contributed by atoms with Crippen molar-refractivity contribution in [2.24, 2.45) is 5.92 Å². The number of tetrazole rings is 1. The molecule has 12 nitrogen and oxygen atoms in total. The number of aromatic nitrogens is 5. The van der Waals surface area contributed by atoms with Crippen LogP contribution in [0.15, 0.2) is 146 Å². The number of para-hydroxylation sites is 1. The number of hydrogen-bond donors (Lipinski definition) is 1. The number of ether oxygens (including phenoxy) is 3. The number of nitrogens with zero attached hydrogens (tertiary/aromatic N) is 6. The molecule has 5 aromatic carbocycles. The summed E-state index contributed by atoms with van der Waals surface area (Å²) in [4.78, 5) is 27.3. The Morgan fingerprint density at radius 2 is 1.42 bits per heavy atom. The van der Waals surface area contributed by atoms with Crippen molar-refractivity contribution < 1.29 is 23.8 Å². The van der Waals surface area contributed by atoms with Crippen LogP contribution in [0.1, 0.15) is 58.9 Å². The summed E-state index contributed by atoms with van der Waals surface area (Å²) in [5.41, 5.74) is 7.60. The third-order valence-electron chi connectivity index (χ3n) is 10.4. The topological polar surface area (TPSA) is 126 Å². The van der Waals surface area contributed by atoms with E-state index in [9.17, 15) is 9.59 Å². The predicted octanol–water partition coefficient (Wildman–Crippen LogP) is 8.35. The molecular weight excluding hydrogens is 743 g/mol. The number of esters is 2. The molecule has 1 aliphatic heterocycles. The molecule has 12 heteroatoms. The molecule has 0 aliphatic carbocycles. The maximum Gasteiger partial charge on any atom is 0.343 e. The Morgan fingerprint density at radius 1 is 0.797 bits per heavy atom. The summed E-state index contributed by atoms with van der Waals surface area (Å²) in [6, 6.07) is 46.8. The third kappa shape index (κ3) is 7.46. The van der Waals surface area contributed by atoms with Crippen LogP contribution in [0.25, 0.3) is 17.2 Å². The molecule has 1 N–H and O–H groups in total. The summed E-state index contributed by atoms with van der Waals surface area (Å²) in [6.45, 7) is 7.81. The summed E-state index contributed by atoms with van der Waals surface area (Å²) in [6.07, 6.45) is 1.56. The van der Waals surface area contributed by atoms with E-state index in [0.717, 1.165) is 44.9 Å². The predicted molar refractivity (Wildman–Crippen MR) is 225 cm³/mol. The Morgan fingerprint density at radius 3 is 2.02 bits per heavy atom. The fourth-order valence-corrected chi connectivity index (χ4v) is 7.72. The molecule has 0 saturated heterocycles. The van der Waals surface area contributed by atoms with Crippen LogP contribution in [0.3, 0.4) is 0 Å². The average Bonchev–Trinajstić information content (AvgIpc) is 4.00. The normalized spacial score (nSPS) is 13.6. The van der Waals surface area contributed by atoms with Crippen molar-refractivity contribution in [1.82, 2.24) is 24.8 Å². The molecule has 1 aliphatic rings. The van der Waals surface area contributed by atoms with Crippen LogP contribution in [-0.4, -0.2) is 56.5 Å². The van der Waals surface area contributed by atoms with Gasteiger partial charge >= 0.3 is 11.9 Å². The van der Waals surface area contributed by atoms with Crippen molar-refractivity contribution >= 4 is 23.3 Å². The maximum atomic E-state index is 13.4. The molecule has 8 rings (SSSR count). The minimum absolute atomic E-state index is 0.331. The minimum Gasteiger partial charge on any atom is -0.428 e. The fourth-order valence-electron chi connectivity index (χ4n) is 7.72. The van der Waals surface area contributed by atoms with Gasteiger partial charge in [0.25, 0.3) is 0 Å². The van der Waals surface area contributed by atoms with Crippen LogP contribution in [0.5, 0.6) is 0 Å². The first-order valence-corrected chi connectivity index (χ1v) is 19.6. The van der Waals surface area contributed by atoms with Crippen LogP contribution >= 0.6 is 0 Å². The third-order valence-corrected chi connectivity index (χ3v) is 10.4. The zero-order valence-electron chi connectivity index (χ0n) is 33.4. The molecular formula is C47H45N7O5. The first-order chi connectivity index (χ1) is 28.8. The molecule has 0 radical (unpaired) electrons. The van der Waals surface area contributed by atoms with Crippen molar-refractivity contribution in [3.05, 3.63) is 179 Å². The maximum absolute atomic E-state index is 13.4. The molecule has 0 bridgehead atoms. The molecule has 2 aromatic heterocycles. The van der Waals surface area contributed by atoms with Crippen molar-refractivity contribution in [2.75, 3.05) is 23.6 Å². The number of carbonyl (C=O) groups excluding carboxylic acids is 2. The molecule has 0 spiro atoms. The highest BCUT2D eigenvalue weighted by Gasteiger charge is 2.42. The largest absolute Gasteiger partial charge is 0.428 e. The van der Waals surface area contributed by atoms with E-state index in [1.807, 2.05) is 77.2 Å². The molecule has 3 heterocycles. The van der Waals surface area contributed by atoms with Crippen LogP contribution in [0.4, 0.5) is 11.4 Å². The standard InChI is InChI=1S/C47H45N7O5/c1-5-57-46-48-40-23-15-22-39(45(56)59-31-58-44(55)32(2)3)42(40)53(46)30-34-24-26-38(27-25-34)52-29-33(4)28-41(52)43-49-50-51-54(43)47(35-16-9-6-10-17-35,36-18-11-7-12-19-36)37-20-13-8-14-21-37/h6-29,32,46,48H,5,30-31H2,1-4H3. The van der Waals surface area contributed by atoms with Gasteiger partial charge in [-0.2, -0.15) is 0 Å². The number of benzene rings is 5. The zero-order valence-corrected chi connectivity index (χ0v) is 33.4. The van der Waals surface area contributed by atoms with Crippen LogP contribution in [0, 0.1) is 12.8 Å². The molecule has 0 amide bonds. The Bertz CT molecular complexity index is 2440. The van der Waals surface area contributed by atoms with Gasteiger partial charge in [-0.1, -0.05) is 123 Å². The minimum atomic E-state index is -0.906. The van der Waals surface area contributed by atoms with Gasteiger partial charge in [0, 0.05) is 25.0 Å². The Labute approximate surface area is 343 Å². The van der Waals surface area contributed by atoms with Gasteiger partial charge in [-0.25, -0.2) is 9.48 Å². The lowest BCUT2D eigenvalue weighted by molar-refractivity contribution is -0.155. The number of rotatable bonds is 14. The lowest BCUT2D eigenvalue weighted by Crippen LogP contribution is -2.39. The summed E-state index contributed by atoms with van der Waals surface area (Å²) in [7, 11) is 0. The monoisotopic (exact) mass is 787 g/mol. The van der Waals surface area contributed by atoms with Crippen molar-refractivity contribution in [3.63, 3.8) is 0 Å². The number of aryl methyl sites for hydroxylation is 1. The van der Waals surface area contributed by atoms with E-state index in [2.05, 4.69) is 94.9 Å². The van der Waals surface area contributed by atoms with E-state index in [4.69, 9.17) is 24.5 Å². The van der Waals surface area contributed by atoms with Crippen molar-refractivity contribution in [2.45, 2.75) is 46.1 Å². The second-order valence-corrected chi connectivity index (χ2v) is 14.6. The van der Waals surface area contributed by atoms with Gasteiger partial charge in [0.2, 0.25) is 19.0 Å². The molecule has 1 atom stereocenters. The average molecular weight is 788 g/mol. The molecule has 0 saturated carbocycles. The molecule has 59 heavy (non-hydrogen) atoms. The van der Waals surface area contributed by atoms with E-state index in [1.165, 1.54) is 0 Å². The smallest absolute Gasteiger partial charge is 0.343 e. The number of hydrogen-bond acceptors (Lipinski definition) is 10. The lowest BCUT2D eigenvalue weighted by atomic mass is 9.77. The van der Waals surface area contributed by atoms with Gasteiger partial charge in [-0.3, -0.25) is 4.79 Å². The summed E-state index contributed by atoms with van der Waals surface area (Å²) in [5, 5.41) is 17.2. The SMILES string of the molecule is CCOC1Nc2cccc(C(=O)OCOC(=O)C(C)C)c2N1Cc1ccc(-n2cc(C)cc2-c2nnnn2C(c2ccccc2)(c2ccccc2)c2ccccc2)cc1. The quantitative estimate of drug-likeness (QED) is 0.0653. The van der Waals surface area contributed by atoms with Gasteiger partial charge in [0.15, 0.2) is 0 Å². The number of carbonyl (C=O) groups is 2. The Hall–Kier alpha value is -7.05. The fraction of sp³-hybridized carbons (Fsp3) is 0.213. The van der Waals surface area contributed by atoms with E-state index in [-0.39, 0.29) is 5.92 Å². The first kappa shape index (κ1) is 38.8. The molecule has 1 unspecified atom stereocenters. The number of anilines is 2. The highest BCUT2D eigenvalue weighted by molar-refractivity contribution is 6.00. The summed E-state index contributed by atoms with van der Waals surface area (Å²) < 4.78 is 20.7. The summed E-state index contributed by atoms with van der Waals surface area (Å²) in [5.74, 6) is -0.793. The second-order valence-electron chi connectivity index (χ2n) is 14.6. The molecule has 7 aromatic rings. The highest BCUT2D eigenvalue weighted by atomic mass is 16.7. The second kappa shape index (κ2) is 16.8.